The van der Waals surface area contributed by atoms with Crippen LogP contribution in [0.1, 0.15) is 40.8 Å². The lowest BCUT2D eigenvalue weighted by molar-refractivity contribution is 0.543. The predicted molar refractivity (Wildman–Crippen MR) is 114 cm³/mol. The summed E-state index contributed by atoms with van der Waals surface area (Å²) in [6.07, 6.45) is 3.81. The van der Waals surface area contributed by atoms with Crippen molar-refractivity contribution in [1.82, 2.24) is 9.97 Å². The Labute approximate surface area is 177 Å². The van der Waals surface area contributed by atoms with Gasteiger partial charge >= 0.3 is 0 Å². The number of aromatic amines is 1. The molecule has 1 aromatic heterocycles. The maximum atomic E-state index is 14.2. The predicted octanol–water partition coefficient (Wildman–Crippen LogP) is 5.19. The molecule has 0 fully saturated rings. The SMILES string of the molecule is Cc1c(C(C)c2c(F)cccc2F)nc(SC/C=C/c2ccc(C#N)cc2)[nH]c1=O. The molecule has 0 aliphatic heterocycles. The Morgan fingerprint density at radius 1 is 1.20 bits per heavy atom. The number of thioether (sulfide) groups is 1. The number of nitrogens with zero attached hydrogens (tertiary/aromatic N) is 2. The lowest BCUT2D eigenvalue weighted by atomic mass is 9.94. The molecule has 4 nitrogen and oxygen atoms in total. The van der Waals surface area contributed by atoms with Crippen LogP contribution < -0.4 is 5.56 Å². The number of halogens is 2. The number of aromatic nitrogens is 2. The van der Waals surface area contributed by atoms with E-state index in [0.717, 1.165) is 5.56 Å². The third kappa shape index (κ3) is 4.84. The Morgan fingerprint density at radius 3 is 2.50 bits per heavy atom. The summed E-state index contributed by atoms with van der Waals surface area (Å²) >= 11 is 1.31. The summed E-state index contributed by atoms with van der Waals surface area (Å²) in [6, 6.07) is 12.9. The van der Waals surface area contributed by atoms with Crippen LogP contribution in [0.15, 0.2) is 58.5 Å². The minimum atomic E-state index is -0.706. The van der Waals surface area contributed by atoms with Crippen molar-refractivity contribution in [2.45, 2.75) is 24.9 Å². The highest BCUT2D eigenvalue weighted by Gasteiger charge is 2.22. The van der Waals surface area contributed by atoms with Crippen molar-refractivity contribution in [2.75, 3.05) is 5.75 Å². The molecular formula is C23H19F2N3OS. The number of hydrogen-bond acceptors (Lipinski definition) is 4. The van der Waals surface area contributed by atoms with Crippen molar-refractivity contribution in [1.29, 1.82) is 5.26 Å². The van der Waals surface area contributed by atoms with Crippen LogP contribution in [0.5, 0.6) is 0 Å². The van der Waals surface area contributed by atoms with Crippen LogP contribution in [0.2, 0.25) is 0 Å². The number of rotatable bonds is 6. The first-order chi connectivity index (χ1) is 14.4. The number of H-pyrrole nitrogens is 1. The maximum absolute atomic E-state index is 14.2. The Hall–Kier alpha value is -3.24. The van der Waals surface area contributed by atoms with E-state index in [2.05, 4.69) is 16.0 Å². The Bertz CT molecular complexity index is 1160. The molecule has 1 unspecified atom stereocenters. The van der Waals surface area contributed by atoms with Gasteiger partial charge in [0.1, 0.15) is 11.6 Å². The molecule has 1 N–H and O–H groups in total. The Morgan fingerprint density at radius 2 is 1.87 bits per heavy atom. The molecule has 7 heteroatoms. The van der Waals surface area contributed by atoms with Gasteiger partial charge in [0, 0.05) is 22.8 Å². The van der Waals surface area contributed by atoms with E-state index in [9.17, 15) is 13.6 Å². The Kier molecular flexibility index (Phi) is 6.80. The third-order valence-corrected chi connectivity index (χ3v) is 5.50. The van der Waals surface area contributed by atoms with Gasteiger partial charge in [0.2, 0.25) is 0 Å². The first-order valence-electron chi connectivity index (χ1n) is 9.25. The molecule has 3 rings (SSSR count). The van der Waals surface area contributed by atoms with Gasteiger partial charge in [0.25, 0.3) is 5.56 Å². The van der Waals surface area contributed by atoms with Crippen molar-refractivity contribution in [2.24, 2.45) is 0 Å². The fourth-order valence-electron chi connectivity index (χ4n) is 3.06. The van der Waals surface area contributed by atoms with Crippen LogP contribution in [0.4, 0.5) is 8.78 Å². The molecule has 3 aromatic rings. The summed E-state index contributed by atoms with van der Waals surface area (Å²) in [4.78, 5) is 19.5. The summed E-state index contributed by atoms with van der Waals surface area (Å²) in [6.45, 7) is 3.23. The summed E-state index contributed by atoms with van der Waals surface area (Å²) in [7, 11) is 0. The van der Waals surface area contributed by atoms with Crippen LogP contribution in [0.3, 0.4) is 0 Å². The maximum Gasteiger partial charge on any atom is 0.254 e. The normalized spacial score (nSPS) is 12.1. The van der Waals surface area contributed by atoms with E-state index in [0.29, 0.717) is 27.7 Å². The molecule has 0 radical (unpaired) electrons. The molecule has 0 aliphatic rings. The fraction of sp³-hybridized carbons (Fsp3) is 0.174. The van der Waals surface area contributed by atoms with Crippen molar-refractivity contribution >= 4 is 17.8 Å². The smallest absolute Gasteiger partial charge is 0.254 e. The molecule has 2 aromatic carbocycles. The number of nitrogens with one attached hydrogen (secondary N) is 1. The molecule has 30 heavy (non-hydrogen) atoms. The molecule has 0 bridgehead atoms. The number of hydrogen-bond donors (Lipinski definition) is 1. The number of benzene rings is 2. The molecule has 1 heterocycles. The van der Waals surface area contributed by atoms with Crippen LogP contribution in [-0.2, 0) is 0 Å². The molecule has 0 spiro atoms. The van der Waals surface area contributed by atoms with E-state index in [1.807, 2.05) is 24.3 Å². The first-order valence-corrected chi connectivity index (χ1v) is 10.2. The molecule has 0 saturated heterocycles. The molecular weight excluding hydrogens is 404 g/mol. The third-order valence-electron chi connectivity index (χ3n) is 4.68. The lowest BCUT2D eigenvalue weighted by Gasteiger charge is -2.16. The molecule has 1 atom stereocenters. The van der Waals surface area contributed by atoms with Crippen LogP contribution in [-0.4, -0.2) is 15.7 Å². The van der Waals surface area contributed by atoms with Crippen molar-refractivity contribution in [3.8, 4) is 6.07 Å². The second-order valence-corrected chi connectivity index (χ2v) is 7.69. The van der Waals surface area contributed by atoms with Crippen molar-refractivity contribution < 1.29 is 8.78 Å². The van der Waals surface area contributed by atoms with Gasteiger partial charge in [-0.25, -0.2) is 13.8 Å². The fourth-order valence-corrected chi connectivity index (χ4v) is 3.74. The zero-order chi connectivity index (χ0) is 21.7. The monoisotopic (exact) mass is 423 g/mol. The van der Waals surface area contributed by atoms with E-state index in [4.69, 9.17) is 5.26 Å². The van der Waals surface area contributed by atoms with E-state index in [1.165, 1.54) is 30.0 Å². The second-order valence-electron chi connectivity index (χ2n) is 6.69. The van der Waals surface area contributed by atoms with Crippen LogP contribution >= 0.6 is 11.8 Å². The van der Waals surface area contributed by atoms with Gasteiger partial charge in [-0.3, -0.25) is 4.79 Å². The highest BCUT2D eigenvalue weighted by molar-refractivity contribution is 7.99. The Balaban J connectivity index is 1.78. The van der Waals surface area contributed by atoms with Gasteiger partial charge in [-0.1, -0.05) is 49.0 Å². The van der Waals surface area contributed by atoms with Crippen molar-refractivity contribution in [3.63, 3.8) is 0 Å². The van der Waals surface area contributed by atoms with Gasteiger partial charge in [0.05, 0.1) is 17.3 Å². The average Bonchev–Trinajstić information content (AvgIpc) is 2.73. The summed E-state index contributed by atoms with van der Waals surface area (Å²) in [5, 5.41) is 9.21. The second kappa shape index (κ2) is 9.51. The van der Waals surface area contributed by atoms with E-state index in [1.54, 1.807) is 26.0 Å². The van der Waals surface area contributed by atoms with Gasteiger partial charge in [-0.15, -0.1) is 0 Å². The minimum absolute atomic E-state index is 0.102. The highest BCUT2D eigenvalue weighted by Crippen LogP contribution is 2.29. The molecule has 0 saturated carbocycles. The molecule has 0 aliphatic carbocycles. The summed E-state index contributed by atoms with van der Waals surface area (Å²) in [5.41, 5.74) is 1.79. The van der Waals surface area contributed by atoms with E-state index in [-0.39, 0.29) is 11.1 Å². The highest BCUT2D eigenvalue weighted by atomic mass is 32.2. The van der Waals surface area contributed by atoms with Gasteiger partial charge < -0.3 is 4.98 Å². The zero-order valence-electron chi connectivity index (χ0n) is 16.4. The quantitative estimate of drug-likeness (QED) is 0.438. The van der Waals surface area contributed by atoms with Gasteiger partial charge in [-0.05, 0) is 36.8 Å². The van der Waals surface area contributed by atoms with E-state index >= 15 is 0 Å². The van der Waals surface area contributed by atoms with Crippen LogP contribution in [0.25, 0.3) is 6.08 Å². The summed E-state index contributed by atoms with van der Waals surface area (Å²) in [5.74, 6) is -1.50. The van der Waals surface area contributed by atoms with Gasteiger partial charge in [0.15, 0.2) is 5.16 Å². The summed E-state index contributed by atoms with van der Waals surface area (Å²) < 4.78 is 28.4. The average molecular weight is 423 g/mol. The molecule has 152 valence electrons. The van der Waals surface area contributed by atoms with Crippen molar-refractivity contribution in [3.05, 3.63) is 98.5 Å². The largest absolute Gasteiger partial charge is 0.301 e. The number of nitriles is 1. The standard InChI is InChI=1S/C23H19F2N3OS/c1-14(20-18(24)6-3-7-19(20)25)21-15(2)22(29)28-23(27-21)30-12-4-5-16-8-10-17(13-26)11-9-16/h3-11,14H,12H2,1-2H3,(H,27,28,29)/b5-4+. The van der Waals surface area contributed by atoms with Gasteiger partial charge in [-0.2, -0.15) is 5.26 Å². The minimum Gasteiger partial charge on any atom is -0.301 e. The topological polar surface area (TPSA) is 69.5 Å². The van der Waals surface area contributed by atoms with E-state index < -0.39 is 17.6 Å². The zero-order valence-corrected chi connectivity index (χ0v) is 17.3. The molecule has 0 amide bonds. The lowest BCUT2D eigenvalue weighted by Crippen LogP contribution is -2.18. The first kappa shape index (κ1) is 21.5. The van der Waals surface area contributed by atoms with Crippen LogP contribution in [0, 0.1) is 29.9 Å².